The summed E-state index contributed by atoms with van der Waals surface area (Å²) >= 11 is 0. The fourth-order valence-electron chi connectivity index (χ4n) is 1.65. The van der Waals surface area contributed by atoms with Gasteiger partial charge in [-0.05, 0) is 25.1 Å². The van der Waals surface area contributed by atoms with E-state index in [0.717, 1.165) is 17.8 Å². The lowest BCUT2D eigenvalue weighted by Crippen LogP contribution is -2.36. The summed E-state index contributed by atoms with van der Waals surface area (Å²) < 4.78 is 0. The van der Waals surface area contributed by atoms with Crippen LogP contribution in [0.4, 0.5) is 5.69 Å². The first-order valence-electron chi connectivity index (χ1n) is 5.99. The van der Waals surface area contributed by atoms with Crippen molar-refractivity contribution < 1.29 is 4.79 Å². The largest absolute Gasteiger partial charge is 0.398 e. The molecule has 3 N–H and O–H groups in total. The lowest BCUT2D eigenvalue weighted by Gasteiger charge is -2.20. The molecule has 0 saturated carbocycles. The van der Waals surface area contributed by atoms with Gasteiger partial charge in [0.2, 0.25) is 5.91 Å². The number of hydrogen-bond donors (Lipinski definition) is 2. The molecule has 1 aromatic carbocycles. The average molecular weight is 235 g/mol. The fourth-order valence-corrected chi connectivity index (χ4v) is 1.65. The highest BCUT2D eigenvalue weighted by atomic mass is 16.2. The zero-order valence-corrected chi connectivity index (χ0v) is 10.6. The maximum atomic E-state index is 11.5. The van der Waals surface area contributed by atoms with E-state index in [9.17, 15) is 4.79 Å². The number of amides is 1. The molecule has 0 spiro atoms. The highest BCUT2D eigenvalue weighted by Crippen LogP contribution is 2.12. The number of nitrogens with zero attached hydrogens (tertiary/aromatic N) is 1. The summed E-state index contributed by atoms with van der Waals surface area (Å²) in [5.74, 6) is 0.0591. The SMILES string of the molecule is CCNC(=O)CN(CC)Cc1ccccc1N. The van der Waals surface area contributed by atoms with E-state index in [-0.39, 0.29) is 5.91 Å². The van der Waals surface area contributed by atoms with E-state index in [4.69, 9.17) is 5.73 Å². The van der Waals surface area contributed by atoms with Crippen molar-refractivity contribution in [1.82, 2.24) is 10.2 Å². The summed E-state index contributed by atoms with van der Waals surface area (Å²) in [6.07, 6.45) is 0. The van der Waals surface area contributed by atoms with Gasteiger partial charge in [0.25, 0.3) is 0 Å². The Morgan fingerprint density at radius 2 is 2.06 bits per heavy atom. The molecule has 17 heavy (non-hydrogen) atoms. The predicted octanol–water partition coefficient (Wildman–Crippen LogP) is 1.23. The highest BCUT2D eigenvalue weighted by Gasteiger charge is 2.09. The molecule has 0 aliphatic carbocycles. The summed E-state index contributed by atoms with van der Waals surface area (Å²) in [6, 6.07) is 7.76. The van der Waals surface area contributed by atoms with Gasteiger partial charge in [-0.2, -0.15) is 0 Å². The molecule has 4 heteroatoms. The van der Waals surface area contributed by atoms with Crippen molar-refractivity contribution in [2.45, 2.75) is 20.4 Å². The van der Waals surface area contributed by atoms with Crippen LogP contribution in [0.1, 0.15) is 19.4 Å². The molecule has 4 nitrogen and oxygen atoms in total. The van der Waals surface area contributed by atoms with Crippen LogP contribution in [0.5, 0.6) is 0 Å². The second-order valence-corrected chi connectivity index (χ2v) is 3.96. The van der Waals surface area contributed by atoms with Crippen molar-refractivity contribution in [3.63, 3.8) is 0 Å². The maximum Gasteiger partial charge on any atom is 0.234 e. The maximum absolute atomic E-state index is 11.5. The van der Waals surface area contributed by atoms with Gasteiger partial charge in [-0.3, -0.25) is 9.69 Å². The van der Waals surface area contributed by atoms with Crippen LogP contribution >= 0.6 is 0 Å². The first-order chi connectivity index (χ1) is 8.17. The Labute approximate surface area is 103 Å². The molecule has 0 saturated heterocycles. The summed E-state index contributed by atoms with van der Waals surface area (Å²) in [5.41, 5.74) is 7.73. The van der Waals surface area contributed by atoms with E-state index in [1.807, 2.05) is 38.1 Å². The van der Waals surface area contributed by atoms with Gasteiger partial charge in [0.05, 0.1) is 6.54 Å². The molecule has 0 unspecified atom stereocenters. The zero-order valence-electron chi connectivity index (χ0n) is 10.6. The summed E-state index contributed by atoms with van der Waals surface area (Å²) in [5, 5.41) is 2.80. The van der Waals surface area contributed by atoms with E-state index in [1.165, 1.54) is 0 Å². The van der Waals surface area contributed by atoms with Crippen LogP contribution in [0.3, 0.4) is 0 Å². The van der Waals surface area contributed by atoms with Crippen molar-refractivity contribution in [1.29, 1.82) is 0 Å². The van der Waals surface area contributed by atoms with Crippen LogP contribution in [-0.4, -0.2) is 30.4 Å². The molecule has 0 fully saturated rings. The lowest BCUT2D eigenvalue weighted by molar-refractivity contribution is -0.122. The number of nitrogen functional groups attached to an aromatic ring is 1. The first-order valence-corrected chi connectivity index (χ1v) is 5.99. The van der Waals surface area contributed by atoms with E-state index >= 15 is 0 Å². The molecule has 1 rings (SSSR count). The normalized spacial score (nSPS) is 10.5. The van der Waals surface area contributed by atoms with Gasteiger partial charge in [0.15, 0.2) is 0 Å². The van der Waals surface area contributed by atoms with Gasteiger partial charge in [-0.1, -0.05) is 25.1 Å². The van der Waals surface area contributed by atoms with Crippen LogP contribution in [0, 0.1) is 0 Å². The molecule has 0 radical (unpaired) electrons. The predicted molar refractivity (Wildman–Crippen MR) is 70.5 cm³/mol. The van der Waals surface area contributed by atoms with Gasteiger partial charge < -0.3 is 11.1 Å². The Kier molecular flexibility index (Phi) is 5.49. The second kappa shape index (κ2) is 6.91. The molecule has 0 aliphatic rings. The zero-order chi connectivity index (χ0) is 12.7. The number of rotatable bonds is 6. The molecule has 94 valence electrons. The molecule has 0 bridgehead atoms. The number of nitrogens with two attached hydrogens (primary N) is 1. The molecule has 0 heterocycles. The number of benzene rings is 1. The van der Waals surface area contributed by atoms with Gasteiger partial charge in [-0.15, -0.1) is 0 Å². The fraction of sp³-hybridized carbons (Fsp3) is 0.462. The second-order valence-electron chi connectivity index (χ2n) is 3.96. The minimum Gasteiger partial charge on any atom is -0.398 e. The molecular formula is C13H21N3O. The van der Waals surface area contributed by atoms with Gasteiger partial charge in [0.1, 0.15) is 0 Å². The van der Waals surface area contributed by atoms with Crippen molar-refractivity contribution in [3.8, 4) is 0 Å². The third-order valence-corrected chi connectivity index (χ3v) is 2.64. The van der Waals surface area contributed by atoms with Crippen molar-refractivity contribution >= 4 is 11.6 Å². The van der Waals surface area contributed by atoms with Crippen LogP contribution in [-0.2, 0) is 11.3 Å². The van der Waals surface area contributed by atoms with Gasteiger partial charge in [0, 0.05) is 18.8 Å². The number of likely N-dealkylation sites (N-methyl/N-ethyl adjacent to an activating group) is 2. The Morgan fingerprint density at radius 1 is 1.35 bits per heavy atom. The van der Waals surface area contributed by atoms with Crippen LogP contribution in [0.2, 0.25) is 0 Å². The monoisotopic (exact) mass is 235 g/mol. The van der Waals surface area contributed by atoms with E-state index in [1.54, 1.807) is 0 Å². The number of anilines is 1. The van der Waals surface area contributed by atoms with Gasteiger partial charge in [-0.25, -0.2) is 0 Å². The number of hydrogen-bond acceptors (Lipinski definition) is 3. The third kappa shape index (κ3) is 4.44. The molecule has 0 atom stereocenters. The number of carbonyl (C=O) groups excluding carboxylic acids is 1. The standard InChI is InChI=1S/C13H21N3O/c1-3-15-13(17)10-16(4-2)9-11-7-5-6-8-12(11)14/h5-8H,3-4,9-10,14H2,1-2H3,(H,15,17). The van der Waals surface area contributed by atoms with Crippen LogP contribution in [0.25, 0.3) is 0 Å². The quantitative estimate of drug-likeness (QED) is 0.729. The Morgan fingerprint density at radius 3 is 2.65 bits per heavy atom. The van der Waals surface area contributed by atoms with E-state index in [2.05, 4.69) is 10.2 Å². The minimum absolute atomic E-state index is 0.0591. The summed E-state index contributed by atoms with van der Waals surface area (Å²) in [6.45, 7) is 6.58. The topological polar surface area (TPSA) is 58.4 Å². The van der Waals surface area contributed by atoms with E-state index < -0.39 is 0 Å². The van der Waals surface area contributed by atoms with Crippen molar-refractivity contribution in [2.75, 3.05) is 25.4 Å². The number of carbonyl (C=O) groups is 1. The average Bonchev–Trinajstić information content (AvgIpc) is 2.31. The molecule has 0 aromatic heterocycles. The number of para-hydroxylation sites is 1. The molecular weight excluding hydrogens is 214 g/mol. The molecule has 1 aromatic rings. The highest BCUT2D eigenvalue weighted by molar-refractivity contribution is 5.77. The first kappa shape index (κ1) is 13.5. The minimum atomic E-state index is 0.0591. The molecule has 1 amide bonds. The van der Waals surface area contributed by atoms with Crippen molar-refractivity contribution in [2.24, 2.45) is 0 Å². The summed E-state index contributed by atoms with van der Waals surface area (Å²) in [4.78, 5) is 13.6. The molecule has 0 aliphatic heterocycles. The van der Waals surface area contributed by atoms with Crippen LogP contribution < -0.4 is 11.1 Å². The Hall–Kier alpha value is -1.55. The Balaban J connectivity index is 2.58. The Bertz CT molecular complexity index is 365. The smallest absolute Gasteiger partial charge is 0.234 e. The number of nitrogens with one attached hydrogen (secondary N) is 1. The summed E-state index contributed by atoms with van der Waals surface area (Å²) in [7, 11) is 0. The lowest BCUT2D eigenvalue weighted by atomic mass is 10.1. The van der Waals surface area contributed by atoms with Gasteiger partial charge >= 0.3 is 0 Å². The third-order valence-electron chi connectivity index (χ3n) is 2.64. The van der Waals surface area contributed by atoms with E-state index in [0.29, 0.717) is 19.6 Å². The van der Waals surface area contributed by atoms with Crippen LogP contribution in [0.15, 0.2) is 24.3 Å². The van der Waals surface area contributed by atoms with Crippen molar-refractivity contribution in [3.05, 3.63) is 29.8 Å².